The third kappa shape index (κ3) is 3.33. The number of ether oxygens (including phenoxy) is 1. The summed E-state index contributed by atoms with van der Waals surface area (Å²) in [5, 5.41) is 0. The van der Waals surface area contributed by atoms with Crippen molar-refractivity contribution in [3.05, 3.63) is 47.9 Å². The van der Waals surface area contributed by atoms with Crippen LogP contribution >= 0.6 is 0 Å². The molecular weight excluding hydrogens is 338 g/mol. The lowest BCUT2D eigenvalue weighted by molar-refractivity contribution is 0.347. The number of nitrogens with zero attached hydrogens (tertiary/aromatic N) is 1. The molecule has 5 nitrogen and oxygen atoms in total. The first kappa shape index (κ1) is 16.7. The summed E-state index contributed by atoms with van der Waals surface area (Å²) in [6, 6.07) is 10.5. The molecule has 25 heavy (non-hydrogen) atoms. The van der Waals surface area contributed by atoms with Gasteiger partial charge in [-0.25, -0.2) is 8.42 Å². The standard InChI is InChI=1S/C19H23NO4S/c1-13-11-18(13)19-10-7-16(24-19)12-20(14-3-4-14)25(21,22)17-8-5-15(23-2)6-9-17/h5-10,13-14,18H,3-4,11-12H2,1-2H3. The molecule has 6 heteroatoms. The van der Waals surface area contributed by atoms with Crippen LogP contribution in [0.4, 0.5) is 0 Å². The van der Waals surface area contributed by atoms with Crippen molar-refractivity contribution in [3.63, 3.8) is 0 Å². The second kappa shape index (κ2) is 6.18. The molecule has 1 aromatic carbocycles. The second-order valence-corrected chi connectivity index (χ2v) is 8.97. The maximum absolute atomic E-state index is 13.1. The van der Waals surface area contributed by atoms with Crippen LogP contribution in [0.15, 0.2) is 45.7 Å². The summed E-state index contributed by atoms with van der Waals surface area (Å²) in [6.45, 7) is 2.50. The fourth-order valence-corrected chi connectivity index (χ4v) is 4.86. The molecule has 4 rings (SSSR count). The van der Waals surface area contributed by atoms with Crippen molar-refractivity contribution < 1.29 is 17.6 Å². The lowest BCUT2D eigenvalue weighted by Crippen LogP contribution is -2.32. The first-order valence-electron chi connectivity index (χ1n) is 8.73. The summed E-state index contributed by atoms with van der Waals surface area (Å²) in [7, 11) is -1.98. The number of methoxy groups -OCH3 is 1. The summed E-state index contributed by atoms with van der Waals surface area (Å²) < 4.78 is 38.8. The third-order valence-electron chi connectivity index (χ3n) is 5.09. The van der Waals surface area contributed by atoms with Crippen LogP contribution in [-0.2, 0) is 16.6 Å². The van der Waals surface area contributed by atoms with Gasteiger partial charge in [-0.1, -0.05) is 6.92 Å². The van der Waals surface area contributed by atoms with Gasteiger partial charge in [0.1, 0.15) is 17.3 Å². The monoisotopic (exact) mass is 361 g/mol. The van der Waals surface area contributed by atoms with E-state index in [-0.39, 0.29) is 6.04 Å². The highest BCUT2D eigenvalue weighted by atomic mass is 32.2. The van der Waals surface area contributed by atoms with Gasteiger partial charge in [-0.3, -0.25) is 0 Å². The molecule has 2 aromatic rings. The molecule has 2 fully saturated rings. The number of sulfonamides is 1. The Kier molecular flexibility index (Phi) is 4.12. The summed E-state index contributed by atoms with van der Waals surface area (Å²) in [5.41, 5.74) is 0. The Labute approximate surface area is 148 Å². The van der Waals surface area contributed by atoms with Crippen molar-refractivity contribution in [2.75, 3.05) is 7.11 Å². The van der Waals surface area contributed by atoms with Crippen molar-refractivity contribution >= 4 is 10.0 Å². The minimum Gasteiger partial charge on any atom is -0.497 e. The van der Waals surface area contributed by atoms with Gasteiger partial charge in [-0.2, -0.15) is 4.31 Å². The Bertz CT molecular complexity index is 852. The van der Waals surface area contributed by atoms with Crippen molar-refractivity contribution in [2.24, 2.45) is 5.92 Å². The number of hydrogen-bond donors (Lipinski definition) is 0. The van der Waals surface area contributed by atoms with Crippen LogP contribution in [0.25, 0.3) is 0 Å². The van der Waals surface area contributed by atoms with Gasteiger partial charge in [0.25, 0.3) is 0 Å². The maximum atomic E-state index is 13.1. The van der Waals surface area contributed by atoms with Gasteiger partial charge in [-0.05, 0) is 61.6 Å². The minimum absolute atomic E-state index is 0.0699. The van der Waals surface area contributed by atoms with E-state index in [0.717, 1.165) is 30.8 Å². The number of furan rings is 1. The van der Waals surface area contributed by atoms with Crippen molar-refractivity contribution in [1.29, 1.82) is 0 Å². The van der Waals surface area contributed by atoms with Crippen molar-refractivity contribution in [1.82, 2.24) is 4.31 Å². The molecule has 2 aliphatic rings. The number of rotatable bonds is 7. The first-order valence-corrected chi connectivity index (χ1v) is 10.2. The van der Waals surface area contributed by atoms with Crippen molar-refractivity contribution in [3.8, 4) is 5.75 Å². The van der Waals surface area contributed by atoms with E-state index in [1.807, 2.05) is 12.1 Å². The Morgan fingerprint density at radius 1 is 1.16 bits per heavy atom. The van der Waals surface area contributed by atoms with Gasteiger partial charge < -0.3 is 9.15 Å². The Morgan fingerprint density at radius 3 is 2.40 bits per heavy atom. The first-order chi connectivity index (χ1) is 12.0. The van der Waals surface area contributed by atoms with Crippen LogP contribution in [0.3, 0.4) is 0 Å². The van der Waals surface area contributed by atoms with Gasteiger partial charge in [0.2, 0.25) is 10.0 Å². The average Bonchev–Trinajstić information content (AvgIpc) is 3.53. The predicted octanol–water partition coefficient (Wildman–Crippen LogP) is 3.76. The molecular formula is C19H23NO4S. The summed E-state index contributed by atoms with van der Waals surface area (Å²) >= 11 is 0. The van der Waals surface area contributed by atoms with Crippen LogP contribution in [0.1, 0.15) is 43.6 Å². The highest BCUT2D eigenvalue weighted by Gasteiger charge is 2.40. The topological polar surface area (TPSA) is 59.8 Å². The molecule has 1 aromatic heterocycles. The van der Waals surface area contributed by atoms with E-state index in [4.69, 9.17) is 9.15 Å². The van der Waals surface area contributed by atoms with Crippen molar-refractivity contribution in [2.45, 2.75) is 49.6 Å². The predicted molar refractivity (Wildman–Crippen MR) is 94.0 cm³/mol. The fraction of sp³-hybridized carbons (Fsp3) is 0.474. The fourth-order valence-electron chi connectivity index (χ4n) is 3.21. The third-order valence-corrected chi connectivity index (χ3v) is 7.00. The molecule has 0 radical (unpaired) electrons. The largest absolute Gasteiger partial charge is 0.497 e. The Balaban J connectivity index is 1.56. The van der Waals surface area contributed by atoms with Crippen LogP contribution in [0, 0.1) is 5.92 Å². The molecule has 0 aliphatic heterocycles. The zero-order valence-corrected chi connectivity index (χ0v) is 15.3. The minimum atomic E-state index is -3.55. The molecule has 1 heterocycles. The Hall–Kier alpha value is -1.79. The molecule has 0 bridgehead atoms. The summed E-state index contributed by atoms with van der Waals surface area (Å²) in [5.74, 6) is 3.52. The van der Waals surface area contributed by atoms with Gasteiger partial charge >= 0.3 is 0 Å². The summed E-state index contributed by atoms with van der Waals surface area (Å²) in [4.78, 5) is 0.294. The van der Waals surface area contributed by atoms with Gasteiger partial charge in [0, 0.05) is 12.0 Å². The maximum Gasteiger partial charge on any atom is 0.243 e. The lowest BCUT2D eigenvalue weighted by Gasteiger charge is -2.21. The number of hydrogen-bond acceptors (Lipinski definition) is 4. The van der Waals surface area contributed by atoms with E-state index in [2.05, 4.69) is 6.92 Å². The quantitative estimate of drug-likeness (QED) is 0.753. The van der Waals surface area contributed by atoms with E-state index < -0.39 is 10.0 Å². The molecule has 0 spiro atoms. The molecule has 2 aliphatic carbocycles. The molecule has 2 saturated carbocycles. The zero-order chi connectivity index (χ0) is 17.6. The SMILES string of the molecule is COc1ccc(S(=O)(=O)N(Cc2ccc(C3CC3C)o2)C2CC2)cc1. The van der Waals surface area contributed by atoms with Gasteiger partial charge in [0.15, 0.2) is 0 Å². The molecule has 0 saturated heterocycles. The van der Waals surface area contributed by atoms with E-state index in [0.29, 0.717) is 29.0 Å². The highest BCUT2D eigenvalue weighted by Crippen LogP contribution is 2.47. The highest BCUT2D eigenvalue weighted by molar-refractivity contribution is 7.89. The average molecular weight is 361 g/mol. The molecule has 134 valence electrons. The lowest BCUT2D eigenvalue weighted by atomic mass is 10.3. The normalized spacial score (nSPS) is 23.0. The molecule has 2 atom stereocenters. The van der Waals surface area contributed by atoms with E-state index in [9.17, 15) is 8.42 Å². The van der Waals surface area contributed by atoms with E-state index in [1.165, 1.54) is 0 Å². The second-order valence-electron chi connectivity index (χ2n) is 7.08. The molecule has 0 amide bonds. The summed E-state index contributed by atoms with van der Waals surface area (Å²) in [6.07, 6.45) is 2.97. The zero-order valence-electron chi connectivity index (χ0n) is 14.5. The number of benzene rings is 1. The van der Waals surface area contributed by atoms with Crippen LogP contribution < -0.4 is 4.74 Å². The van der Waals surface area contributed by atoms with E-state index >= 15 is 0 Å². The van der Waals surface area contributed by atoms with Crippen LogP contribution in [0.5, 0.6) is 5.75 Å². The van der Waals surface area contributed by atoms with Gasteiger partial charge in [0.05, 0.1) is 18.6 Å². The van der Waals surface area contributed by atoms with Gasteiger partial charge in [-0.15, -0.1) is 0 Å². The van der Waals surface area contributed by atoms with E-state index in [1.54, 1.807) is 35.7 Å². The molecule has 2 unspecified atom stereocenters. The smallest absolute Gasteiger partial charge is 0.243 e. The molecule has 0 N–H and O–H groups in total. The van der Waals surface area contributed by atoms with Crippen LogP contribution in [0.2, 0.25) is 0 Å². The van der Waals surface area contributed by atoms with Crippen LogP contribution in [-0.4, -0.2) is 25.9 Å². The Morgan fingerprint density at radius 2 is 1.84 bits per heavy atom.